The second-order valence-electron chi connectivity index (χ2n) is 4.03. The van der Waals surface area contributed by atoms with Crippen molar-refractivity contribution in [2.24, 2.45) is 5.73 Å². The molecule has 0 saturated carbocycles. The van der Waals surface area contributed by atoms with Crippen molar-refractivity contribution in [1.29, 1.82) is 0 Å². The molecule has 1 aromatic rings. The highest BCUT2D eigenvalue weighted by molar-refractivity contribution is 5.85. The molecule has 0 saturated heterocycles. The smallest absolute Gasteiger partial charge is 0.307 e. The van der Waals surface area contributed by atoms with Crippen molar-refractivity contribution in [3.8, 4) is 5.75 Å². The van der Waals surface area contributed by atoms with Gasteiger partial charge in [0, 0.05) is 6.04 Å². The molecule has 0 fully saturated rings. The first-order valence-electron chi connectivity index (χ1n) is 6.31. The molecule has 0 aliphatic rings. The molecule has 0 aliphatic heterocycles. The highest BCUT2D eigenvalue weighted by Crippen LogP contribution is 2.19. The van der Waals surface area contributed by atoms with Crippen molar-refractivity contribution in [2.45, 2.75) is 32.7 Å². The van der Waals surface area contributed by atoms with E-state index in [1.807, 2.05) is 24.3 Å². The van der Waals surface area contributed by atoms with Crippen molar-refractivity contribution in [3.05, 3.63) is 29.8 Å². The summed E-state index contributed by atoms with van der Waals surface area (Å²) in [6.45, 7) is 4.93. The number of halogens is 1. The number of carbonyl (C=O) groups is 1. The number of carbonyl (C=O) groups excluding carboxylic acids is 1. The van der Waals surface area contributed by atoms with Crippen LogP contribution in [0.5, 0.6) is 5.75 Å². The molecule has 0 heterocycles. The van der Waals surface area contributed by atoms with E-state index in [9.17, 15) is 4.79 Å². The minimum absolute atomic E-state index is 0. The summed E-state index contributed by atoms with van der Waals surface area (Å²) < 4.78 is 10.3. The summed E-state index contributed by atoms with van der Waals surface area (Å²) in [7, 11) is 0. The van der Waals surface area contributed by atoms with E-state index in [0.717, 1.165) is 17.7 Å². The van der Waals surface area contributed by atoms with Gasteiger partial charge < -0.3 is 15.2 Å². The van der Waals surface area contributed by atoms with Crippen LogP contribution < -0.4 is 10.5 Å². The highest BCUT2D eigenvalue weighted by atomic mass is 35.5. The Bertz CT molecular complexity index is 367. The van der Waals surface area contributed by atoms with E-state index >= 15 is 0 Å². The van der Waals surface area contributed by atoms with E-state index < -0.39 is 0 Å². The zero-order valence-electron chi connectivity index (χ0n) is 11.4. The molecule has 0 spiro atoms. The summed E-state index contributed by atoms with van der Waals surface area (Å²) in [4.78, 5) is 11.3. The Morgan fingerprint density at radius 1 is 1.26 bits per heavy atom. The first-order valence-corrected chi connectivity index (χ1v) is 6.31. The fraction of sp³-hybridized carbons (Fsp3) is 0.500. The zero-order valence-corrected chi connectivity index (χ0v) is 12.2. The maximum Gasteiger partial charge on any atom is 0.307 e. The van der Waals surface area contributed by atoms with Crippen LogP contribution in [0.25, 0.3) is 0 Å². The number of ether oxygens (including phenoxy) is 2. The van der Waals surface area contributed by atoms with Crippen LogP contribution in [0.15, 0.2) is 24.3 Å². The van der Waals surface area contributed by atoms with Gasteiger partial charge in [0.05, 0.1) is 19.6 Å². The molecule has 108 valence electrons. The summed E-state index contributed by atoms with van der Waals surface area (Å²) in [5, 5.41) is 0. The van der Waals surface area contributed by atoms with Gasteiger partial charge in [0.25, 0.3) is 0 Å². The standard InChI is InChI=1S/C14H21NO3.ClH/c1-3-9-18-12-7-5-11(6-8-12)13(15)10-14(16)17-4-2;/h5-8,13H,3-4,9-10,15H2,1-2H3;1H. The summed E-state index contributed by atoms with van der Waals surface area (Å²) in [5.41, 5.74) is 6.84. The predicted molar refractivity (Wildman–Crippen MR) is 77.7 cm³/mol. The second kappa shape index (κ2) is 9.64. The highest BCUT2D eigenvalue weighted by Gasteiger charge is 2.12. The lowest BCUT2D eigenvalue weighted by atomic mass is 10.0. The monoisotopic (exact) mass is 287 g/mol. The Balaban J connectivity index is 0.00000324. The van der Waals surface area contributed by atoms with E-state index in [0.29, 0.717) is 13.2 Å². The molecule has 1 rings (SSSR count). The van der Waals surface area contributed by atoms with E-state index in [4.69, 9.17) is 15.2 Å². The van der Waals surface area contributed by atoms with Crippen molar-refractivity contribution < 1.29 is 14.3 Å². The summed E-state index contributed by atoms with van der Waals surface area (Å²) in [5.74, 6) is 0.556. The number of nitrogens with two attached hydrogens (primary N) is 1. The van der Waals surface area contributed by atoms with Gasteiger partial charge in [-0.05, 0) is 31.0 Å². The van der Waals surface area contributed by atoms with Gasteiger partial charge in [0.15, 0.2) is 0 Å². The van der Waals surface area contributed by atoms with E-state index in [1.165, 1.54) is 0 Å². The summed E-state index contributed by atoms with van der Waals surface area (Å²) in [6, 6.07) is 7.18. The molecule has 1 aromatic carbocycles. The molecular weight excluding hydrogens is 266 g/mol. The molecule has 1 unspecified atom stereocenters. The van der Waals surface area contributed by atoms with Crippen LogP contribution in [0.4, 0.5) is 0 Å². The van der Waals surface area contributed by atoms with Gasteiger partial charge >= 0.3 is 5.97 Å². The molecule has 0 aliphatic carbocycles. The lowest BCUT2D eigenvalue weighted by Gasteiger charge is -2.12. The van der Waals surface area contributed by atoms with E-state index in [1.54, 1.807) is 6.92 Å². The molecular formula is C14H22ClNO3. The summed E-state index contributed by atoms with van der Waals surface area (Å²) in [6.07, 6.45) is 1.17. The number of esters is 1. The van der Waals surface area contributed by atoms with Crippen molar-refractivity contribution in [2.75, 3.05) is 13.2 Å². The molecule has 0 aromatic heterocycles. The van der Waals surface area contributed by atoms with Crippen LogP contribution in [0.2, 0.25) is 0 Å². The quantitative estimate of drug-likeness (QED) is 0.783. The Hall–Kier alpha value is -1.26. The van der Waals surface area contributed by atoms with Crippen LogP contribution >= 0.6 is 12.4 Å². The normalized spacial score (nSPS) is 11.3. The van der Waals surface area contributed by atoms with Crippen molar-refractivity contribution in [1.82, 2.24) is 0 Å². The van der Waals surface area contributed by atoms with Gasteiger partial charge in [-0.3, -0.25) is 4.79 Å². The average molecular weight is 288 g/mol. The number of hydrogen-bond acceptors (Lipinski definition) is 4. The number of rotatable bonds is 7. The Morgan fingerprint density at radius 2 is 1.89 bits per heavy atom. The molecule has 0 amide bonds. The Labute approximate surface area is 120 Å². The third-order valence-electron chi connectivity index (χ3n) is 2.47. The fourth-order valence-electron chi connectivity index (χ4n) is 1.55. The minimum atomic E-state index is -0.329. The average Bonchev–Trinajstić information content (AvgIpc) is 2.37. The molecule has 2 N–H and O–H groups in total. The molecule has 19 heavy (non-hydrogen) atoms. The second-order valence-corrected chi connectivity index (χ2v) is 4.03. The third-order valence-corrected chi connectivity index (χ3v) is 2.47. The lowest BCUT2D eigenvalue weighted by Crippen LogP contribution is -2.17. The van der Waals surface area contributed by atoms with Gasteiger partial charge in [0.1, 0.15) is 5.75 Å². The maximum absolute atomic E-state index is 11.3. The van der Waals surface area contributed by atoms with Gasteiger partial charge in [-0.25, -0.2) is 0 Å². The van der Waals surface area contributed by atoms with Gasteiger partial charge in [-0.15, -0.1) is 12.4 Å². The van der Waals surface area contributed by atoms with Crippen molar-refractivity contribution in [3.63, 3.8) is 0 Å². The van der Waals surface area contributed by atoms with Crippen LogP contribution in [-0.2, 0) is 9.53 Å². The van der Waals surface area contributed by atoms with E-state index in [-0.39, 0.29) is 30.8 Å². The topological polar surface area (TPSA) is 61.5 Å². The van der Waals surface area contributed by atoms with Crippen LogP contribution in [0.1, 0.15) is 38.3 Å². The molecule has 0 radical (unpaired) electrons. The Morgan fingerprint density at radius 3 is 2.42 bits per heavy atom. The predicted octanol–water partition coefficient (Wildman–Crippen LogP) is 2.85. The fourth-order valence-corrected chi connectivity index (χ4v) is 1.55. The van der Waals surface area contributed by atoms with Crippen LogP contribution in [0, 0.1) is 0 Å². The zero-order chi connectivity index (χ0) is 13.4. The Kier molecular flexibility index (Phi) is 9.00. The molecule has 4 nitrogen and oxygen atoms in total. The SMILES string of the molecule is CCCOc1ccc(C(N)CC(=O)OCC)cc1.Cl. The largest absolute Gasteiger partial charge is 0.494 e. The lowest BCUT2D eigenvalue weighted by molar-refractivity contribution is -0.143. The van der Waals surface area contributed by atoms with Gasteiger partial charge in [-0.2, -0.15) is 0 Å². The van der Waals surface area contributed by atoms with Crippen LogP contribution in [0.3, 0.4) is 0 Å². The first kappa shape index (κ1) is 17.7. The minimum Gasteiger partial charge on any atom is -0.494 e. The molecule has 5 heteroatoms. The third kappa shape index (κ3) is 6.45. The number of benzene rings is 1. The summed E-state index contributed by atoms with van der Waals surface area (Å²) >= 11 is 0. The van der Waals surface area contributed by atoms with E-state index in [2.05, 4.69) is 6.92 Å². The van der Waals surface area contributed by atoms with Gasteiger partial charge in [0.2, 0.25) is 0 Å². The van der Waals surface area contributed by atoms with Gasteiger partial charge in [-0.1, -0.05) is 19.1 Å². The molecule has 1 atom stereocenters. The number of hydrogen-bond donors (Lipinski definition) is 1. The molecule has 0 bridgehead atoms. The maximum atomic E-state index is 11.3. The first-order chi connectivity index (χ1) is 8.67. The van der Waals surface area contributed by atoms with Crippen molar-refractivity contribution >= 4 is 18.4 Å². The van der Waals surface area contributed by atoms with Crippen LogP contribution in [-0.4, -0.2) is 19.2 Å².